The van der Waals surface area contributed by atoms with E-state index < -0.39 is 10.0 Å². The Hall–Kier alpha value is -2.29. The van der Waals surface area contributed by atoms with Gasteiger partial charge in [-0.3, -0.25) is 4.79 Å². The minimum atomic E-state index is -3.56. The monoisotopic (exact) mass is 391 g/mol. The average Bonchev–Trinajstić information content (AvgIpc) is 2.67. The van der Waals surface area contributed by atoms with E-state index in [0.29, 0.717) is 37.3 Å². The minimum absolute atomic E-state index is 0.0624. The summed E-state index contributed by atoms with van der Waals surface area (Å²) in [7, 11) is -1.61. The largest absolute Gasteiger partial charge is 0.348 e. The van der Waals surface area contributed by atoms with E-state index in [4.69, 9.17) is 0 Å². The van der Waals surface area contributed by atoms with Crippen LogP contribution < -0.4 is 5.32 Å². The van der Waals surface area contributed by atoms with E-state index in [2.05, 4.69) is 10.2 Å². The number of nitrogens with zero attached hydrogens (tertiary/aromatic N) is 2. The van der Waals surface area contributed by atoms with Crippen molar-refractivity contribution in [3.8, 4) is 0 Å². The fourth-order valence-corrected chi connectivity index (χ4v) is 4.30. The van der Waals surface area contributed by atoms with Crippen LogP contribution in [0.2, 0.25) is 0 Å². The van der Waals surface area contributed by atoms with Crippen molar-refractivity contribution in [3.05, 3.63) is 65.5 Å². The number of nitrogens with one attached hydrogen (secondary N) is 1. The fourth-order valence-electron chi connectivity index (χ4n) is 2.88. The number of sulfonamides is 1. The van der Waals surface area contributed by atoms with Crippen LogP contribution in [-0.4, -0.2) is 56.8 Å². The second-order valence-electron chi connectivity index (χ2n) is 6.51. The van der Waals surface area contributed by atoms with Gasteiger partial charge in [-0.05, 0) is 37.4 Å². The molecule has 0 bridgehead atoms. The molecule has 1 saturated heterocycles. The van der Waals surface area contributed by atoms with Gasteiger partial charge >= 0.3 is 0 Å². The highest BCUT2D eigenvalue weighted by molar-refractivity contribution is 7.89. The summed E-state index contributed by atoms with van der Waals surface area (Å²) < 4.78 is 40.4. The number of carbonyl (C=O) groups is 1. The molecule has 1 fully saturated rings. The Labute approximate surface area is 158 Å². The van der Waals surface area contributed by atoms with Gasteiger partial charge in [-0.2, -0.15) is 4.31 Å². The summed E-state index contributed by atoms with van der Waals surface area (Å²) in [5.74, 6) is -0.770. The van der Waals surface area contributed by atoms with E-state index in [1.807, 2.05) is 7.05 Å². The lowest BCUT2D eigenvalue weighted by atomic mass is 10.2. The van der Waals surface area contributed by atoms with Gasteiger partial charge in [0.05, 0.1) is 4.90 Å². The Bertz CT molecular complexity index is 908. The topological polar surface area (TPSA) is 69.7 Å². The van der Waals surface area contributed by atoms with Gasteiger partial charge in [0.25, 0.3) is 5.91 Å². The molecule has 0 aromatic heterocycles. The Morgan fingerprint density at radius 2 is 1.67 bits per heavy atom. The van der Waals surface area contributed by atoms with Crippen molar-refractivity contribution in [3.63, 3.8) is 0 Å². The number of halogens is 1. The number of benzene rings is 2. The molecule has 8 heteroatoms. The van der Waals surface area contributed by atoms with Crippen LogP contribution in [-0.2, 0) is 16.6 Å². The summed E-state index contributed by atoms with van der Waals surface area (Å²) >= 11 is 0. The van der Waals surface area contributed by atoms with E-state index in [-0.39, 0.29) is 23.2 Å². The zero-order chi connectivity index (χ0) is 19.4. The predicted molar refractivity (Wildman–Crippen MR) is 100 cm³/mol. The van der Waals surface area contributed by atoms with Gasteiger partial charge in [-0.25, -0.2) is 12.8 Å². The van der Waals surface area contributed by atoms with Crippen LogP contribution in [0.4, 0.5) is 4.39 Å². The van der Waals surface area contributed by atoms with Crippen molar-refractivity contribution < 1.29 is 17.6 Å². The molecule has 27 heavy (non-hydrogen) atoms. The van der Waals surface area contributed by atoms with E-state index in [0.717, 1.165) is 0 Å². The first-order valence-corrected chi connectivity index (χ1v) is 10.1. The molecule has 0 aliphatic carbocycles. The molecule has 1 amide bonds. The third-order valence-electron chi connectivity index (χ3n) is 4.61. The zero-order valence-electron chi connectivity index (χ0n) is 15.1. The van der Waals surface area contributed by atoms with Crippen LogP contribution in [0, 0.1) is 5.82 Å². The molecule has 2 aromatic rings. The lowest BCUT2D eigenvalue weighted by molar-refractivity contribution is 0.0950. The van der Waals surface area contributed by atoms with Crippen LogP contribution in [0.15, 0.2) is 53.4 Å². The Kier molecular flexibility index (Phi) is 5.88. The molecule has 1 heterocycles. The molecule has 0 atom stereocenters. The maximum atomic E-state index is 13.6. The van der Waals surface area contributed by atoms with E-state index in [1.54, 1.807) is 18.2 Å². The second kappa shape index (κ2) is 8.16. The molecule has 2 aromatic carbocycles. The van der Waals surface area contributed by atoms with Crippen molar-refractivity contribution in [1.29, 1.82) is 0 Å². The number of piperazine rings is 1. The molecule has 1 aliphatic rings. The molecule has 0 saturated carbocycles. The van der Waals surface area contributed by atoms with Gasteiger partial charge in [0.2, 0.25) is 10.0 Å². The second-order valence-corrected chi connectivity index (χ2v) is 8.44. The van der Waals surface area contributed by atoms with E-state index in [9.17, 15) is 17.6 Å². The summed E-state index contributed by atoms with van der Waals surface area (Å²) in [4.78, 5) is 14.5. The van der Waals surface area contributed by atoms with Gasteiger partial charge in [-0.1, -0.05) is 18.2 Å². The van der Waals surface area contributed by atoms with Crippen LogP contribution in [0.5, 0.6) is 0 Å². The number of hydrogen-bond acceptors (Lipinski definition) is 4. The van der Waals surface area contributed by atoms with Gasteiger partial charge in [0.1, 0.15) is 5.82 Å². The first kappa shape index (κ1) is 19.5. The standard InChI is InChI=1S/C19H22FN3O3S/c1-22-10-12-23(13-11-22)27(25,26)17-8-6-15(7-9-17)19(24)21-14-16-4-2-3-5-18(16)20/h2-9H,10-14H2,1H3,(H,21,24). The number of amides is 1. The molecule has 1 N–H and O–H groups in total. The maximum Gasteiger partial charge on any atom is 0.251 e. The number of hydrogen-bond donors (Lipinski definition) is 1. The van der Waals surface area contributed by atoms with Crippen molar-refractivity contribution >= 4 is 15.9 Å². The van der Waals surface area contributed by atoms with Crippen LogP contribution in [0.25, 0.3) is 0 Å². The molecular formula is C19H22FN3O3S. The highest BCUT2D eigenvalue weighted by atomic mass is 32.2. The van der Waals surface area contributed by atoms with Crippen LogP contribution >= 0.6 is 0 Å². The molecular weight excluding hydrogens is 369 g/mol. The van der Waals surface area contributed by atoms with E-state index in [1.165, 1.54) is 34.6 Å². The van der Waals surface area contributed by atoms with Crippen molar-refractivity contribution in [2.24, 2.45) is 0 Å². The van der Waals surface area contributed by atoms with Gasteiger partial charge in [0, 0.05) is 43.9 Å². The third-order valence-corrected chi connectivity index (χ3v) is 6.53. The molecule has 1 aliphatic heterocycles. The van der Waals surface area contributed by atoms with Crippen molar-refractivity contribution in [1.82, 2.24) is 14.5 Å². The molecule has 0 radical (unpaired) electrons. The minimum Gasteiger partial charge on any atom is -0.348 e. The van der Waals surface area contributed by atoms with Crippen LogP contribution in [0.1, 0.15) is 15.9 Å². The molecule has 6 nitrogen and oxygen atoms in total. The lowest BCUT2D eigenvalue weighted by Gasteiger charge is -2.31. The normalized spacial score (nSPS) is 16.2. The molecule has 0 unspecified atom stereocenters. The predicted octanol–water partition coefficient (Wildman–Crippen LogP) is 1.69. The summed E-state index contributed by atoms with van der Waals surface area (Å²) in [5, 5.41) is 2.64. The number of carbonyl (C=O) groups excluding carboxylic acids is 1. The van der Waals surface area contributed by atoms with Crippen LogP contribution in [0.3, 0.4) is 0 Å². The Morgan fingerprint density at radius 1 is 1.04 bits per heavy atom. The number of rotatable bonds is 5. The van der Waals surface area contributed by atoms with Gasteiger partial charge < -0.3 is 10.2 Å². The summed E-state index contributed by atoms with van der Waals surface area (Å²) in [6.07, 6.45) is 0. The first-order valence-electron chi connectivity index (χ1n) is 8.68. The average molecular weight is 391 g/mol. The Balaban J connectivity index is 1.66. The van der Waals surface area contributed by atoms with Gasteiger partial charge in [0.15, 0.2) is 0 Å². The first-order chi connectivity index (χ1) is 12.9. The van der Waals surface area contributed by atoms with E-state index >= 15 is 0 Å². The van der Waals surface area contributed by atoms with Crippen molar-refractivity contribution in [2.75, 3.05) is 33.2 Å². The smallest absolute Gasteiger partial charge is 0.251 e. The highest BCUT2D eigenvalue weighted by Crippen LogP contribution is 2.18. The molecule has 0 spiro atoms. The summed E-state index contributed by atoms with van der Waals surface area (Å²) in [6, 6.07) is 12.0. The zero-order valence-corrected chi connectivity index (χ0v) is 15.9. The quantitative estimate of drug-likeness (QED) is 0.842. The Morgan fingerprint density at radius 3 is 2.30 bits per heavy atom. The molecule has 144 valence electrons. The summed E-state index contributed by atoms with van der Waals surface area (Å²) in [6.45, 7) is 2.34. The lowest BCUT2D eigenvalue weighted by Crippen LogP contribution is -2.47. The molecule has 3 rings (SSSR count). The SMILES string of the molecule is CN1CCN(S(=O)(=O)c2ccc(C(=O)NCc3ccccc3F)cc2)CC1. The van der Waals surface area contributed by atoms with Gasteiger partial charge in [-0.15, -0.1) is 0 Å². The summed E-state index contributed by atoms with van der Waals surface area (Å²) in [5.41, 5.74) is 0.712. The number of likely N-dealkylation sites (N-methyl/N-ethyl adjacent to an activating group) is 1. The third kappa shape index (κ3) is 4.52. The van der Waals surface area contributed by atoms with Crippen molar-refractivity contribution in [2.45, 2.75) is 11.4 Å². The fraction of sp³-hybridized carbons (Fsp3) is 0.316. The highest BCUT2D eigenvalue weighted by Gasteiger charge is 2.27. The maximum absolute atomic E-state index is 13.6.